The van der Waals surface area contributed by atoms with Gasteiger partial charge in [0, 0.05) is 6.54 Å². The third kappa shape index (κ3) is 5.02. The Balaban J connectivity index is 2.56. The minimum absolute atomic E-state index is 0.118. The predicted molar refractivity (Wildman–Crippen MR) is 71.3 cm³/mol. The van der Waals surface area contributed by atoms with Crippen LogP contribution in [0, 0.1) is 5.82 Å². The highest BCUT2D eigenvalue weighted by molar-refractivity contribution is 6.31. The number of halogens is 2. The fraction of sp³-hybridized carbons (Fsp3) is 0.333. The average molecular weight is 305 g/mol. The smallest absolute Gasteiger partial charge is 0.319 e. The maximum Gasteiger partial charge on any atom is 0.319 e. The molecule has 0 saturated heterocycles. The number of carbonyl (C=O) groups excluding carboxylic acids is 1. The molecule has 1 atom stereocenters. The Morgan fingerprint density at radius 1 is 1.45 bits per heavy atom. The van der Waals surface area contributed by atoms with Crippen LogP contribution in [0.25, 0.3) is 0 Å². The van der Waals surface area contributed by atoms with Crippen LogP contribution in [0.3, 0.4) is 0 Å². The molecule has 4 N–H and O–H groups in total. The van der Waals surface area contributed by atoms with Gasteiger partial charge < -0.3 is 20.8 Å². The first-order valence-electron chi connectivity index (χ1n) is 5.64. The molecule has 0 aromatic heterocycles. The van der Waals surface area contributed by atoms with E-state index in [9.17, 15) is 19.1 Å². The van der Waals surface area contributed by atoms with Crippen molar-refractivity contribution in [2.24, 2.45) is 0 Å². The molecule has 0 fully saturated rings. The van der Waals surface area contributed by atoms with E-state index < -0.39 is 29.8 Å². The van der Waals surface area contributed by atoms with E-state index in [-0.39, 0.29) is 17.3 Å². The van der Waals surface area contributed by atoms with Gasteiger partial charge in [0.05, 0.1) is 22.7 Å². The van der Waals surface area contributed by atoms with Crippen LogP contribution >= 0.6 is 11.6 Å². The third-order valence-electron chi connectivity index (χ3n) is 2.36. The molecule has 0 aliphatic rings. The molecule has 0 saturated carbocycles. The van der Waals surface area contributed by atoms with Crippen molar-refractivity contribution in [3.05, 3.63) is 29.0 Å². The average Bonchev–Trinajstić information content (AvgIpc) is 2.31. The zero-order valence-corrected chi connectivity index (χ0v) is 11.4. The summed E-state index contributed by atoms with van der Waals surface area (Å²) in [6.45, 7) is 0.967. The highest BCUT2D eigenvalue weighted by Gasteiger charge is 2.25. The molecule has 1 rings (SSSR count). The van der Waals surface area contributed by atoms with Crippen LogP contribution in [0.5, 0.6) is 0 Å². The van der Waals surface area contributed by atoms with Gasteiger partial charge in [0.25, 0.3) is 0 Å². The number of aliphatic carboxylic acids is 1. The van der Waals surface area contributed by atoms with E-state index in [2.05, 4.69) is 10.6 Å². The van der Waals surface area contributed by atoms with Crippen molar-refractivity contribution in [3.8, 4) is 0 Å². The second kappa shape index (κ2) is 6.53. The fourth-order valence-corrected chi connectivity index (χ4v) is 1.60. The van der Waals surface area contributed by atoms with Crippen LogP contribution in [0.1, 0.15) is 13.3 Å². The Morgan fingerprint density at radius 2 is 2.10 bits per heavy atom. The van der Waals surface area contributed by atoms with Gasteiger partial charge in [-0.1, -0.05) is 17.7 Å². The van der Waals surface area contributed by atoms with Crippen LogP contribution in [0.15, 0.2) is 18.2 Å². The number of hydrogen-bond acceptors (Lipinski definition) is 3. The lowest BCUT2D eigenvalue weighted by molar-refractivity contribution is -0.141. The largest absolute Gasteiger partial charge is 0.481 e. The summed E-state index contributed by atoms with van der Waals surface area (Å²) >= 11 is 5.55. The number of urea groups is 1. The summed E-state index contributed by atoms with van der Waals surface area (Å²) in [7, 11) is 0. The molecule has 0 aliphatic carbocycles. The summed E-state index contributed by atoms with van der Waals surface area (Å²) in [6.07, 6.45) is -0.529. The Bertz CT molecular complexity index is 522. The highest BCUT2D eigenvalue weighted by atomic mass is 35.5. The van der Waals surface area contributed by atoms with Gasteiger partial charge in [-0.05, 0) is 19.1 Å². The molecule has 8 heteroatoms. The number of benzene rings is 1. The standard InChI is InChI=1S/C12H14ClFN2O4/c1-12(20,5-9(17)18)6-15-11(19)16-8-4-2-3-7(13)10(8)14/h2-4,20H,5-6H2,1H3,(H,17,18)(H2,15,16,19). The van der Waals surface area contributed by atoms with Crippen LogP contribution < -0.4 is 10.6 Å². The molecule has 1 aromatic rings. The molecule has 1 aromatic carbocycles. The van der Waals surface area contributed by atoms with Gasteiger partial charge in [-0.3, -0.25) is 4.79 Å². The van der Waals surface area contributed by atoms with E-state index in [1.165, 1.54) is 25.1 Å². The first-order chi connectivity index (χ1) is 9.21. The van der Waals surface area contributed by atoms with Crippen LogP contribution in [-0.4, -0.2) is 34.4 Å². The second-order valence-corrected chi connectivity index (χ2v) is 4.88. The summed E-state index contributed by atoms with van der Waals surface area (Å²) in [5.41, 5.74) is -1.72. The first kappa shape index (κ1) is 16.2. The lowest BCUT2D eigenvalue weighted by Gasteiger charge is -2.21. The molecule has 2 amide bonds. The molecule has 0 aliphatic heterocycles. The normalized spacial score (nSPS) is 13.4. The van der Waals surface area contributed by atoms with E-state index in [1.54, 1.807) is 0 Å². The van der Waals surface area contributed by atoms with Crippen molar-refractivity contribution in [3.63, 3.8) is 0 Å². The highest BCUT2D eigenvalue weighted by Crippen LogP contribution is 2.21. The quantitative estimate of drug-likeness (QED) is 0.667. The van der Waals surface area contributed by atoms with E-state index in [4.69, 9.17) is 16.7 Å². The van der Waals surface area contributed by atoms with Gasteiger partial charge in [-0.15, -0.1) is 0 Å². The second-order valence-electron chi connectivity index (χ2n) is 4.48. The van der Waals surface area contributed by atoms with Gasteiger partial charge in [0.2, 0.25) is 0 Å². The van der Waals surface area contributed by atoms with E-state index in [1.807, 2.05) is 0 Å². The summed E-state index contributed by atoms with van der Waals surface area (Å²) in [5.74, 6) is -1.97. The minimum atomic E-state index is -1.60. The van der Waals surface area contributed by atoms with E-state index in [0.29, 0.717) is 0 Å². The van der Waals surface area contributed by atoms with Gasteiger partial charge in [0.15, 0.2) is 5.82 Å². The van der Waals surface area contributed by atoms with Crippen LogP contribution in [-0.2, 0) is 4.79 Å². The Labute approximate surface area is 119 Å². The van der Waals surface area contributed by atoms with Crippen molar-refractivity contribution in [2.45, 2.75) is 18.9 Å². The molecule has 0 bridgehead atoms. The molecule has 1 unspecified atom stereocenters. The van der Waals surface area contributed by atoms with Crippen LogP contribution in [0.2, 0.25) is 5.02 Å². The molecular formula is C12H14ClFN2O4. The van der Waals surface area contributed by atoms with E-state index >= 15 is 0 Å². The number of carbonyl (C=O) groups is 2. The summed E-state index contributed by atoms with van der Waals surface area (Å²) in [4.78, 5) is 22.0. The van der Waals surface area contributed by atoms with Crippen molar-refractivity contribution in [2.75, 3.05) is 11.9 Å². The van der Waals surface area contributed by atoms with Crippen molar-refractivity contribution in [1.29, 1.82) is 0 Å². The SMILES string of the molecule is CC(O)(CNC(=O)Nc1cccc(Cl)c1F)CC(=O)O. The molecule has 110 valence electrons. The number of anilines is 1. The zero-order chi connectivity index (χ0) is 15.3. The first-order valence-corrected chi connectivity index (χ1v) is 6.02. The Morgan fingerprint density at radius 3 is 2.70 bits per heavy atom. The Kier molecular flexibility index (Phi) is 5.29. The van der Waals surface area contributed by atoms with Crippen molar-refractivity contribution < 1.29 is 24.2 Å². The van der Waals surface area contributed by atoms with Crippen molar-refractivity contribution >= 4 is 29.3 Å². The van der Waals surface area contributed by atoms with Gasteiger partial charge in [-0.2, -0.15) is 0 Å². The zero-order valence-electron chi connectivity index (χ0n) is 10.6. The number of amides is 2. The fourth-order valence-electron chi connectivity index (χ4n) is 1.43. The number of carboxylic acid groups (broad SMARTS) is 1. The molecular weight excluding hydrogens is 291 g/mol. The maximum absolute atomic E-state index is 13.5. The summed E-state index contributed by atoms with van der Waals surface area (Å²) in [5, 5.41) is 22.6. The molecule has 0 radical (unpaired) electrons. The van der Waals surface area contributed by atoms with Gasteiger partial charge in [-0.25, -0.2) is 9.18 Å². The molecule has 0 heterocycles. The van der Waals surface area contributed by atoms with Gasteiger partial charge in [0.1, 0.15) is 0 Å². The Hall–Kier alpha value is -1.86. The summed E-state index contributed by atoms with van der Waals surface area (Å²) in [6, 6.07) is 3.33. The molecule has 6 nitrogen and oxygen atoms in total. The maximum atomic E-state index is 13.5. The van der Waals surface area contributed by atoms with Crippen LogP contribution in [0.4, 0.5) is 14.9 Å². The number of nitrogens with one attached hydrogen (secondary N) is 2. The number of carboxylic acids is 1. The van der Waals surface area contributed by atoms with E-state index in [0.717, 1.165) is 0 Å². The topological polar surface area (TPSA) is 98.7 Å². The number of aliphatic hydroxyl groups is 1. The lowest BCUT2D eigenvalue weighted by atomic mass is 10.0. The third-order valence-corrected chi connectivity index (χ3v) is 2.65. The number of rotatable bonds is 5. The lowest BCUT2D eigenvalue weighted by Crippen LogP contribution is -2.43. The van der Waals surface area contributed by atoms with Gasteiger partial charge >= 0.3 is 12.0 Å². The summed E-state index contributed by atoms with van der Waals surface area (Å²) < 4.78 is 13.5. The number of hydrogen-bond donors (Lipinski definition) is 4. The molecule has 0 spiro atoms. The monoisotopic (exact) mass is 304 g/mol. The minimum Gasteiger partial charge on any atom is -0.481 e. The predicted octanol–water partition coefficient (Wildman–Crippen LogP) is 1.83. The molecule has 20 heavy (non-hydrogen) atoms. The van der Waals surface area contributed by atoms with Crippen molar-refractivity contribution in [1.82, 2.24) is 5.32 Å².